The average molecular weight is 553 g/mol. The fraction of sp³-hybridized carbons (Fsp3) is 0.250. The van der Waals surface area contributed by atoms with Gasteiger partial charge in [0, 0.05) is 17.7 Å². The first kappa shape index (κ1) is 27.6. The molecule has 0 amide bonds. The number of nitriles is 1. The van der Waals surface area contributed by atoms with Gasteiger partial charge in [-0.05, 0) is 74.6 Å². The van der Waals surface area contributed by atoms with E-state index in [0.717, 1.165) is 45.7 Å². The number of hydrogen-bond acceptors (Lipinski definition) is 7. The van der Waals surface area contributed by atoms with Crippen LogP contribution in [0.15, 0.2) is 77.3 Å². The molecule has 0 aromatic heterocycles. The summed E-state index contributed by atoms with van der Waals surface area (Å²) in [6.07, 6.45) is 1.22. The number of aryl methyl sites for hydroxylation is 2. The number of rotatable bonds is 6. The second-order valence-corrected chi connectivity index (χ2v) is 10.4. The molecule has 0 saturated heterocycles. The van der Waals surface area contributed by atoms with Gasteiger partial charge in [-0.1, -0.05) is 35.4 Å². The molecule has 1 heterocycles. The smallest absolute Gasteiger partial charge is 0.296 e. The third kappa shape index (κ3) is 5.05. The molecule has 0 spiro atoms. The Kier molecular flexibility index (Phi) is 7.33. The third-order valence-corrected chi connectivity index (χ3v) is 7.71. The third-order valence-electron chi connectivity index (χ3n) is 7.71. The molecule has 1 atom stereocenters. The molecule has 0 radical (unpaired) electrons. The minimum absolute atomic E-state index is 0.00968. The Bertz CT molecular complexity index is 1680. The highest BCUT2D eigenvalue weighted by atomic mass is 19.1. The Morgan fingerprint density at radius 2 is 1.83 bits per heavy atom. The number of carbonyl (C=O) groups is 1. The van der Waals surface area contributed by atoms with Gasteiger partial charge in [0.25, 0.3) is 5.69 Å². The maximum Gasteiger partial charge on any atom is 0.296 e. The number of nitrogens with two attached hydrogens (primary N) is 1. The van der Waals surface area contributed by atoms with Crippen LogP contribution in [0.5, 0.6) is 5.75 Å². The molecule has 2 aliphatic rings. The molecule has 3 aromatic carbocycles. The zero-order valence-electron chi connectivity index (χ0n) is 23.0. The molecule has 9 heteroatoms. The average Bonchev–Trinajstić information content (AvgIpc) is 2.94. The molecule has 8 nitrogen and oxygen atoms in total. The minimum Gasteiger partial charge on any atom is -0.489 e. The van der Waals surface area contributed by atoms with E-state index in [-0.39, 0.29) is 35.9 Å². The summed E-state index contributed by atoms with van der Waals surface area (Å²) in [6, 6.07) is 17.1. The van der Waals surface area contributed by atoms with Crippen LogP contribution in [-0.4, -0.2) is 10.7 Å². The standard InChI is InChI=1S/C32H29FN4O4/c1-18-7-10-23(11-8-18)41-17-21-13-19(2)14-24(20(21)3)30-25(16-34)32(35)36(27-5-4-6-29(38)31(27)30)26-12-9-22(33)15-28(26)37(39)40/h7-15,30H,4-6,17,35H2,1-3H3. The summed E-state index contributed by atoms with van der Waals surface area (Å²) in [7, 11) is 0. The van der Waals surface area contributed by atoms with Gasteiger partial charge in [-0.15, -0.1) is 0 Å². The lowest BCUT2D eigenvalue weighted by Gasteiger charge is -2.39. The van der Waals surface area contributed by atoms with E-state index in [1.54, 1.807) is 0 Å². The second kappa shape index (κ2) is 10.9. The number of carbonyl (C=O) groups excluding carboxylic acids is 1. The first-order chi connectivity index (χ1) is 19.6. The van der Waals surface area contributed by atoms with Crippen molar-refractivity contribution in [3.05, 3.63) is 121 Å². The molecule has 2 N–H and O–H groups in total. The Hall–Kier alpha value is -4.97. The molecule has 208 valence electrons. The summed E-state index contributed by atoms with van der Waals surface area (Å²) in [5.74, 6) is -0.968. The van der Waals surface area contributed by atoms with Crippen LogP contribution in [0.1, 0.15) is 53.0 Å². The highest BCUT2D eigenvalue weighted by Crippen LogP contribution is 2.49. The van der Waals surface area contributed by atoms with Crippen molar-refractivity contribution in [1.82, 2.24) is 0 Å². The predicted molar refractivity (Wildman–Crippen MR) is 152 cm³/mol. The van der Waals surface area contributed by atoms with Crippen LogP contribution in [0.3, 0.4) is 0 Å². The van der Waals surface area contributed by atoms with Crippen molar-refractivity contribution >= 4 is 17.2 Å². The Balaban J connectivity index is 1.66. The number of nitrogens with zero attached hydrogens (tertiary/aromatic N) is 3. The number of ketones is 1. The highest BCUT2D eigenvalue weighted by molar-refractivity contribution is 6.01. The van der Waals surface area contributed by atoms with E-state index in [1.165, 1.54) is 11.0 Å². The maximum absolute atomic E-state index is 14.0. The van der Waals surface area contributed by atoms with Crippen LogP contribution in [0.25, 0.3) is 0 Å². The number of nitro groups is 1. The monoisotopic (exact) mass is 552 g/mol. The summed E-state index contributed by atoms with van der Waals surface area (Å²) >= 11 is 0. The Morgan fingerprint density at radius 3 is 2.51 bits per heavy atom. The molecule has 0 saturated carbocycles. The lowest BCUT2D eigenvalue weighted by atomic mass is 9.73. The van der Waals surface area contributed by atoms with Gasteiger partial charge in [0.1, 0.15) is 29.7 Å². The fourth-order valence-electron chi connectivity index (χ4n) is 5.71. The summed E-state index contributed by atoms with van der Waals surface area (Å²) in [6.45, 7) is 6.15. The number of benzene rings is 3. The molecule has 1 unspecified atom stereocenters. The van der Waals surface area contributed by atoms with Crippen LogP contribution >= 0.6 is 0 Å². The zero-order chi connectivity index (χ0) is 29.4. The fourth-order valence-corrected chi connectivity index (χ4v) is 5.71. The van der Waals surface area contributed by atoms with Crippen molar-refractivity contribution in [2.75, 3.05) is 4.90 Å². The summed E-state index contributed by atoms with van der Waals surface area (Å²) in [4.78, 5) is 26.2. The van der Waals surface area contributed by atoms with Gasteiger partial charge in [0.15, 0.2) is 5.78 Å². The molecule has 3 aromatic rings. The zero-order valence-corrected chi connectivity index (χ0v) is 23.0. The van der Waals surface area contributed by atoms with E-state index in [9.17, 15) is 24.6 Å². The number of halogens is 1. The van der Waals surface area contributed by atoms with Crippen molar-refractivity contribution in [2.24, 2.45) is 5.73 Å². The molecule has 0 fully saturated rings. The van der Waals surface area contributed by atoms with E-state index < -0.39 is 22.3 Å². The largest absolute Gasteiger partial charge is 0.489 e. The normalized spacial score (nSPS) is 16.9. The minimum atomic E-state index is -0.775. The molecule has 1 aliphatic carbocycles. The lowest BCUT2D eigenvalue weighted by Crippen LogP contribution is -2.39. The predicted octanol–water partition coefficient (Wildman–Crippen LogP) is 6.54. The molecular formula is C32H29FN4O4. The van der Waals surface area contributed by atoms with E-state index in [1.807, 2.05) is 57.2 Å². The number of ether oxygens (including phenoxy) is 1. The van der Waals surface area contributed by atoms with E-state index in [4.69, 9.17) is 10.5 Å². The SMILES string of the molecule is Cc1ccc(OCc2cc(C)cc(C3C(C#N)=C(N)N(c4ccc(F)cc4[N+](=O)[O-])C4=C3C(=O)CCC4)c2C)cc1. The van der Waals surface area contributed by atoms with Gasteiger partial charge in [-0.2, -0.15) is 5.26 Å². The summed E-state index contributed by atoms with van der Waals surface area (Å²) < 4.78 is 20.1. The molecule has 1 aliphatic heterocycles. The van der Waals surface area contributed by atoms with Crippen LogP contribution in [0.2, 0.25) is 0 Å². The van der Waals surface area contributed by atoms with Crippen molar-refractivity contribution in [3.63, 3.8) is 0 Å². The van der Waals surface area contributed by atoms with Crippen LogP contribution in [-0.2, 0) is 11.4 Å². The lowest BCUT2D eigenvalue weighted by molar-refractivity contribution is -0.384. The number of anilines is 1. The number of nitro benzene ring substituents is 1. The van der Waals surface area contributed by atoms with E-state index in [0.29, 0.717) is 24.1 Å². The first-order valence-corrected chi connectivity index (χ1v) is 13.3. The second-order valence-electron chi connectivity index (χ2n) is 10.4. The summed E-state index contributed by atoms with van der Waals surface area (Å²) in [5, 5.41) is 22.3. The van der Waals surface area contributed by atoms with Crippen LogP contribution in [0.4, 0.5) is 15.8 Å². The van der Waals surface area contributed by atoms with Gasteiger partial charge in [-0.25, -0.2) is 4.39 Å². The molecule has 41 heavy (non-hydrogen) atoms. The Morgan fingerprint density at radius 1 is 1.10 bits per heavy atom. The Labute approximate surface area is 237 Å². The molecular weight excluding hydrogens is 523 g/mol. The number of Topliss-reactive ketones (excluding diaryl/α,β-unsaturated/α-hetero) is 1. The summed E-state index contributed by atoms with van der Waals surface area (Å²) in [5.41, 5.74) is 11.7. The topological polar surface area (TPSA) is 122 Å². The maximum atomic E-state index is 14.0. The number of allylic oxidation sites excluding steroid dienone is 3. The molecule has 0 bridgehead atoms. The van der Waals surface area contributed by atoms with Crippen molar-refractivity contribution in [2.45, 2.75) is 52.6 Å². The van der Waals surface area contributed by atoms with Crippen molar-refractivity contribution in [1.29, 1.82) is 5.26 Å². The van der Waals surface area contributed by atoms with Crippen molar-refractivity contribution in [3.8, 4) is 11.8 Å². The highest BCUT2D eigenvalue weighted by Gasteiger charge is 2.42. The van der Waals surface area contributed by atoms with Gasteiger partial charge >= 0.3 is 0 Å². The van der Waals surface area contributed by atoms with Crippen molar-refractivity contribution < 1.29 is 18.8 Å². The van der Waals surface area contributed by atoms with Gasteiger partial charge in [0.2, 0.25) is 0 Å². The van der Waals surface area contributed by atoms with Gasteiger partial charge in [-0.3, -0.25) is 19.8 Å². The van der Waals surface area contributed by atoms with Crippen LogP contribution < -0.4 is 15.4 Å². The van der Waals surface area contributed by atoms with E-state index >= 15 is 0 Å². The molecule has 5 rings (SSSR count). The quantitative estimate of drug-likeness (QED) is 0.272. The van der Waals surface area contributed by atoms with E-state index in [2.05, 4.69) is 6.07 Å². The van der Waals surface area contributed by atoms with Gasteiger partial charge < -0.3 is 10.5 Å². The first-order valence-electron chi connectivity index (χ1n) is 13.3. The van der Waals surface area contributed by atoms with Gasteiger partial charge in [0.05, 0.1) is 28.5 Å². The van der Waals surface area contributed by atoms with Crippen LogP contribution in [0, 0.1) is 48.0 Å². The number of hydrogen-bond donors (Lipinski definition) is 1.